The molecule has 1 atom stereocenters. The van der Waals surface area contributed by atoms with E-state index in [2.05, 4.69) is 34.3 Å². The number of unbranched alkanes of at least 4 members (excludes halogenated alkanes) is 1. The van der Waals surface area contributed by atoms with E-state index < -0.39 is 0 Å². The molecule has 0 bridgehead atoms. The molecule has 1 aliphatic carbocycles. The number of halogens is 1. The standard InChI is InChI=1S/C15H24BrNS/c1-2-3-4-11-5-7-12(8-6-11)14(17)15-13(16)9-10-18-15/h9-12,14H,2-8,17H2,1H3. The summed E-state index contributed by atoms with van der Waals surface area (Å²) in [5.41, 5.74) is 6.44. The first-order valence-corrected chi connectivity index (χ1v) is 8.88. The van der Waals surface area contributed by atoms with Crippen molar-refractivity contribution in [3.05, 3.63) is 20.8 Å². The van der Waals surface area contributed by atoms with E-state index in [0.717, 1.165) is 5.92 Å². The van der Waals surface area contributed by atoms with Crippen LogP contribution >= 0.6 is 27.3 Å². The zero-order valence-corrected chi connectivity index (χ0v) is 13.6. The van der Waals surface area contributed by atoms with Gasteiger partial charge in [-0.25, -0.2) is 0 Å². The summed E-state index contributed by atoms with van der Waals surface area (Å²) < 4.78 is 1.20. The van der Waals surface area contributed by atoms with Gasteiger partial charge in [0.05, 0.1) is 0 Å². The van der Waals surface area contributed by atoms with E-state index in [1.54, 1.807) is 11.3 Å². The summed E-state index contributed by atoms with van der Waals surface area (Å²) in [4.78, 5) is 1.34. The molecule has 0 amide bonds. The highest BCUT2D eigenvalue weighted by molar-refractivity contribution is 9.10. The van der Waals surface area contributed by atoms with Crippen molar-refractivity contribution in [2.75, 3.05) is 0 Å². The molecule has 1 heterocycles. The van der Waals surface area contributed by atoms with Crippen molar-refractivity contribution < 1.29 is 0 Å². The molecule has 0 aromatic carbocycles. The maximum absolute atomic E-state index is 6.44. The van der Waals surface area contributed by atoms with Gasteiger partial charge < -0.3 is 5.73 Å². The minimum atomic E-state index is 0.242. The summed E-state index contributed by atoms with van der Waals surface area (Å²) in [7, 11) is 0. The minimum absolute atomic E-state index is 0.242. The van der Waals surface area contributed by atoms with Crippen LogP contribution in [0.5, 0.6) is 0 Å². The van der Waals surface area contributed by atoms with Crippen molar-refractivity contribution in [1.29, 1.82) is 0 Å². The van der Waals surface area contributed by atoms with Gasteiger partial charge in [0.1, 0.15) is 0 Å². The Morgan fingerprint density at radius 2 is 2.11 bits per heavy atom. The smallest absolute Gasteiger partial charge is 0.0429 e. The van der Waals surface area contributed by atoms with Crippen LogP contribution in [0.2, 0.25) is 0 Å². The number of rotatable bonds is 5. The summed E-state index contributed by atoms with van der Waals surface area (Å²) in [6, 6.07) is 2.36. The zero-order valence-electron chi connectivity index (χ0n) is 11.2. The Morgan fingerprint density at radius 1 is 1.39 bits per heavy atom. The SMILES string of the molecule is CCCCC1CCC(C(N)c2sccc2Br)CC1. The first-order valence-electron chi connectivity index (χ1n) is 7.20. The van der Waals surface area contributed by atoms with Crippen LogP contribution < -0.4 is 5.73 Å². The molecule has 0 saturated heterocycles. The number of thiophene rings is 1. The van der Waals surface area contributed by atoms with Crippen molar-refractivity contribution in [2.24, 2.45) is 17.6 Å². The van der Waals surface area contributed by atoms with Gasteiger partial charge in [0.25, 0.3) is 0 Å². The van der Waals surface area contributed by atoms with Gasteiger partial charge in [-0.05, 0) is 52.1 Å². The Hall–Kier alpha value is 0.140. The molecule has 1 unspecified atom stereocenters. The van der Waals surface area contributed by atoms with Gasteiger partial charge in [-0.3, -0.25) is 0 Å². The number of hydrogen-bond acceptors (Lipinski definition) is 2. The molecular formula is C15H24BrNS. The van der Waals surface area contributed by atoms with Crippen molar-refractivity contribution in [1.82, 2.24) is 0 Å². The monoisotopic (exact) mass is 329 g/mol. The van der Waals surface area contributed by atoms with Gasteiger partial charge in [0, 0.05) is 15.4 Å². The lowest BCUT2D eigenvalue weighted by atomic mass is 9.77. The van der Waals surface area contributed by atoms with Crippen LogP contribution in [0, 0.1) is 11.8 Å². The van der Waals surface area contributed by atoms with Crippen molar-refractivity contribution in [2.45, 2.75) is 57.9 Å². The molecule has 18 heavy (non-hydrogen) atoms. The largest absolute Gasteiger partial charge is 0.323 e. The van der Waals surface area contributed by atoms with Gasteiger partial charge >= 0.3 is 0 Å². The molecule has 3 heteroatoms. The molecule has 1 aliphatic rings. The molecule has 1 fully saturated rings. The van der Waals surface area contributed by atoms with Crippen molar-refractivity contribution >= 4 is 27.3 Å². The highest BCUT2D eigenvalue weighted by atomic mass is 79.9. The van der Waals surface area contributed by atoms with Crippen LogP contribution in [-0.2, 0) is 0 Å². The van der Waals surface area contributed by atoms with Gasteiger partial charge in [-0.2, -0.15) is 0 Å². The lowest BCUT2D eigenvalue weighted by Crippen LogP contribution is -2.25. The average molecular weight is 330 g/mol. The lowest BCUT2D eigenvalue weighted by molar-refractivity contribution is 0.233. The van der Waals surface area contributed by atoms with E-state index in [0.29, 0.717) is 5.92 Å². The van der Waals surface area contributed by atoms with Crippen molar-refractivity contribution in [3.63, 3.8) is 0 Å². The van der Waals surface area contributed by atoms with Crippen molar-refractivity contribution in [3.8, 4) is 0 Å². The van der Waals surface area contributed by atoms with Crippen LogP contribution in [0.1, 0.15) is 62.8 Å². The normalized spacial score (nSPS) is 26.2. The fourth-order valence-corrected chi connectivity index (χ4v) is 4.82. The maximum atomic E-state index is 6.44. The second-order valence-corrected chi connectivity index (χ2v) is 7.38. The zero-order chi connectivity index (χ0) is 13.0. The highest BCUT2D eigenvalue weighted by Crippen LogP contribution is 2.40. The maximum Gasteiger partial charge on any atom is 0.0429 e. The van der Waals surface area contributed by atoms with E-state index in [1.807, 2.05) is 0 Å². The predicted octanol–water partition coefficient (Wildman–Crippen LogP) is 5.51. The third-order valence-electron chi connectivity index (χ3n) is 4.31. The van der Waals surface area contributed by atoms with Crippen LogP contribution in [0.3, 0.4) is 0 Å². The highest BCUT2D eigenvalue weighted by Gasteiger charge is 2.27. The van der Waals surface area contributed by atoms with Gasteiger partial charge in [0.15, 0.2) is 0 Å². The number of hydrogen-bond donors (Lipinski definition) is 1. The Morgan fingerprint density at radius 3 is 2.67 bits per heavy atom. The summed E-state index contributed by atoms with van der Waals surface area (Å²) in [5.74, 6) is 1.66. The van der Waals surface area contributed by atoms with Crippen LogP contribution in [0.25, 0.3) is 0 Å². The molecule has 1 saturated carbocycles. The first-order chi connectivity index (χ1) is 8.72. The van der Waals surface area contributed by atoms with E-state index >= 15 is 0 Å². The van der Waals surface area contributed by atoms with Gasteiger partial charge in [-0.15, -0.1) is 11.3 Å². The van der Waals surface area contributed by atoms with E-state index in [1.165, 1.54) is 54.3 Å². The molecule has 1 nitrogen and oxygen atoms in total. The van der Waals surface area contributed by atoms with Crippen LogP contribution in [0.15, 0.2) is 15.9 Å². The third-order valence-corrected chi connectivity index (χ3v) is 6.28. The van der Waals surface area contributed by atoms with E-state index in [-0.39, 0.29) is 6.04 Å². The van der Waals surface area contributed by atoms with Gasteiger partial charge in [-0.1, -0.05) is 39.0 Å². The summed E-state index contributed by atoms with van der Waals surface area (Å²) in [6.45, 7) is 2.29. The molecule has 2 rings (SSSR count). The second-order valence-electron chi connectivity index (χ2n) is 5.58. The molecule has 0 aliphatic heterocycles. The third kappa shape index (κ3) is 3.58. The fourth-order valence-electron chi connectivity index (χ4n) is 3.09. The van der Waals surface area contributed by atoms with E-state index in [9.17, 15) is 0 Å². The summed E-state index contributed by atoms with van der Waals surface area (Å²) in [5, 5.41) is 2.13. The van der Waals surface area contributed by atoms with Crippen LogP contribution in [0.4, 0.5) is 0 Å². The average Bonchev–Trinajstić information content (AvgIpc) is 2.82. The van der Waals surface area contributed by atoms with E-state index in [4.69, 9.17) is 5.73 Å². The summed E-state index contributed by atoms with van der Waals surface area (Å²) >= 11 is 5.40. The molecule has 0 spiro atoms. The summed E-state index contributed by atoms with van der Waals surface area (Å²) in [6.07, 6.45) is 9.59. The minimum Gasteiger partial charge on any atom is -0.323 e. The fraction of sp³-hybridized carbons (Fsp3) is 0.733. The Balaban J connectivity index is 1.84. The molecule has 1 aromatic rings. The molecular weight excluding hydrogens is 306 g/mol. The Kier molecular flexibility index (Phi) is 5.71. The topological polar surface area (TPSA) is 26.0 Å². The lowest BCUT2D eigenvalue weighted by Gasteiger charge is -2.32. The Labute approximate surface area is 123 Å². The number of nitrogens with two attached hydrogens (primary N) is 1. The molecule has 2 N–H and O–H groups in total. The predicted molar refractivity (Wildman–Crippen MR) is 83.9 cm³/mol. The second kappa shape index (κ2) is 7.06. The van der Waals surface area contributed by atoms with Crippen LogP contribution in [-0.4, -0.2) is 0 Å². The molecule has 102 valence electrons. The molecule has 1 aromatic heterocycles. The molecule has 0 radical (unpaired) electrons. The first kappa shape index (κ1) is 14.5. The Bertz CT molecular complexity index is 355. The van der Waals surface area contributed by atoms with Gasteiger partial charge in [0.2, 0.25) is 0 Å². The quantitative estimate of drug-likeness (QED) is 0.757.